The molecule has 0 radical (unpaired) electrons. The maximum absolute atomic E-state index is 12.5. The van der Waals surface area contributed by atoms with E-state index in [1.807, 2.05) is 4.90 Å². The van der Waals surface area contributed by atoms with Crippen LogP contribution in [0.15, 0.2) is 41.0 Å². The molecule has 9 heteroatoms. The fourth-order valence-electron chi connectivity index (χ4n) is 3.39. The summed E-state index contributed by atoms with van der Waals surface area (Å²) in [6.07, 6.45) is 4.60. The van der Waals surface area contributed by atoms with E-state index in [1.54, 1.807) is 18.2 Å². The van der Waals surface area contributed by atoms with Gasteiger partial charge in [0.25, 0.3) is 11.6 Å². The predicted molar refractivity (Wildman–Crippen MR) is 109 cm³/mol. The summed E-state index contributed by atoms with van der Waals surface area (Å²) in [5.41, 5.74) is 0.398. The number of hydrogen-bond donors (Lipinski definition) is 1. The third-order valence-corrected chi connectivity index (χ3v) is 5.02. The lowest BCUT2D eigenvalue weighted by molar-refractivity contribution is -0.384. The van der Waals surface area contributed by atoms with Crippen LogP contribution in [0, 0.1) is 10.1 Å². The van der Waals surface area contributed by atoms with Gasteiger partial charge in [0.05, 0.1) is 23.3 Å². The summed E-state index contributed by atoms with van der Waals surface area (Å²) in [6.45, 7) is 3.11. The van der Waals surface area contributed by atoms with Gasteiger partial charge in [0.1, 0.15) is 11.4 Å². The Morgan fingerprint density at radius 3 is 2.60 bits per heavy atom. The quantitative estimate of drug-likeness (QED) is 0.418. The third kappa shape index (κ3) is 5.37. The van der Waals surface area contributed by atoms with E-state index >= 15 is 0 Å². The molecule has 1 aromatic carbocycles. The normalized spacial score (nSPS) is 15.2. The SMILES string of the molecule is C[C@H](OC(=O)c1ccc(N2CCCCCC2)c([N+](=O)[O-])c1)C(=O)NCc1ccco1. The number of amides is 1. The average molecular weight is 415 g/mol. The number of carbonyl (C=O) groups excluding carboxylic acids is 2. The molecule has 1 atom stereocenters. The Labute approximate surface area is 174 Å². The van der Waals surface area contributed by atoms with E-state index < -0.39 is 22.9 Å². The zero-order chi connectivity index (χ0) is 21.5. The molecule has 1 fully saturated rings. The molecule has 160 valence electrons. The number of carbonyl (C=O) groups is 2. The maximum Gasteiger partial charge on any atom is 0.339 e. The Kier molecular flexibility index (Phi) is 7.05. The number of nitrogens with one attached hydrogen (secondary N) is 1. The van der Waals surface area contributed by atoms with Crippen molar-refractivity contribution < 1.29 is 23.7 Å². The van der Waals surface area contributed by atoms with Crippen molar-refractivity contribution in [3.8, 4) is 0 Å². The van der Waals surface area contributed by atoms with Crippen molar-refractivity contribution in [2.45, 2.75) is 45.3 Å². The van der Waals surface area contributed by atoms with Crippen molar-refractivity contribution in [1.82, 2.24) is 5.32 Å². The lowest BCUT2D eigenvalue weighted by atomic mass is 10.1. The summed E-state index contributed by atoms with van der Waals surface area (Å²) in [5, 5.41) is 14.2. The molecule has 2 heterocycles. The van der Waals surface area contributed by atoms with E-state index in [4.69, 9.17) is 9.15 Å². The average Bonchev–Trinajstić information content (AvgIpc) is 3.11. The molecule has 0 unspecified atom stereocenters. The van der Waals surface area contributed by atoms with Crippen LogP contribution >= 0.6 is 0 Å². The monoisotopic (exact) mass is 415 g/mol. The number of nitro benzene ring substituents is 1. The minimum absolute atomic E-state index is 0.0333. The zero-order valence-corrected chi connectivity index (χ0v) is 16.8. The van der Waals surface area contributed by atoms with Gasteiger partial charge in [-0.15, -0.1) is 0 Å². The summed E-state index contributed by atoms with van der Waals surface area (Å²) in [4.78, 5) is 37.7. The van der Waals surface area contributed by atoms with Gasteiger partial charge in [0.2, 0.25) is 0 Å². The molecule has 1 aliphatic heterocycles. The van der Waals surface area contributed by atoms with E-state index in [-0.39, 0.29) is 17.8 Å². The van der Waals surface area contributed by atoms with Crippen LogP contribution in [0.1, 0.15) is 48.7 Å². The first-order valence-electron chi connectivity index (χ1n) is 10.00. The topological polar surface area (TPSA) is 115 Å². The lowest BCUT2D eigenvalue weighted by Crippen LogP contribution is -2.35. The van der Waals surface area contributed by atoms with Crippen LogP contribution in [-0.4, -0.2) is 36.0 Å². The van der Waals surface area contributed by atoms with Gasteiger partial charge in [0, 0.05) is 19.2 Å². The summed E-state index contributed by atoms with van der Waals surface area (Å²) >= 11 is 0. The molecule has 30 heavy (non-hydrogen) atoms. The van der Waals surface area contributed by atoms with Crippen LogP contribution in [-0.2, 0) is 16.1 Å². The largest absolute Gasteiger partial charge is 0.467 e. The van der Waals surface area contributed by atoms with Crippen LogP contribution in [0.4, 0.5) is 11.4 Å². The molecule has 3 rings (SSSR count). The van der Waals surface area contributed by atoms with Gasteiger partial charge in [-0.3, -0.25) is 14.9 Å². The van der Waals surface area contributed by atoms with Crippen LogP contribution < -0.4 is 10.2 Å². The molecule has 0 aliphatic carbocycles. The summed E-state index contributed by atoms with van der Waals surface area (Å²) in [5.74, 6) is -0.710. The molecule has 0 saturated carbocycles. The smallest absolute Gasteiger partial charge is 0.339 e. The highest BCUT2D eigenvalue weighted by atomic mass is 16.6. The highest BCUT2D eigenvalue weighted by Gasteiger charge is 2.25. The molecule has 1 aliphatic rings. The standard InChI is InChI=1S/C21H25N3O6/c1-15(20(25)22-14-17-7-6-12-29-17)30-21(26)16-8-9-18(19(13-16)24(27)28)23-10-4-2-3-5-11-23/h6-9,12-13,15H,2-5,10-11,14H2,1H3,(H,22,25)/t15-/m0/s1. The number of furan rings is 1. The van der Waals surface area contributed by atoms with Gasteiger partial charge in [0.15, 0.2) is 6.10 Å². The highest BCUT2D eigenvalue weighted by Crippen LogP contribution is 2.31. The number of ether oxygens (including phenoxy) is 1. The first kappa shape index (κ1) is 21.4. The van der Waals surface area contributed by atoms with E-state index in [0.717, 1.165) is 38.8 Å². The number of esters is 1. The molecular weight excluding hydrogens is 390 g/mol. The van der Waals surface area contributed by atoms with Crippen molar-refractivity contribution in [3.63, 3.8) is 0 Å². The summed E-state index contributed by atoms with van der Waals surface area (Å²) < 4.78 is 10.3. The fourth-order valence-corrected chi connectivity index (χ4v) is 3.39. The fraction of sp³-hybridized carbons (Fsp3) is 0.429. The van der Waals surface area contributed by atoms with Crippen LogP contribution in [0.2, 0.25) is 0 Å². The minimum Gasteiger partial charge on any atom is -0.467 e. The van der Waals surface area contributed by atoms with Crippen molar-refractivity contribution in [2.75, 3.05) is 18.0 Å². The predicted octanol–water partition coefficient (Wildman–Crippen LogP) is 3.43. The first-order chi connectivity index (χ1) is 14.5. The van der Waals surface area contributed by atoms with E-state index in [1.165, 1.54) is 25.3 Å². The third-order valence-electron chi connectivity index (χ3n) is 5.02. The molecular formula is C21H25N3O6. The van der Waals surface area contributed by atoms with E-state index in [0.29, 0.717) is 11.4 Å². The van der Waals surface area contributed by atoms with Crippen molar-refractivity contribution >= 4 is 23.3 Å². The van der Waals surface area contributed by atoms with Gasteiger partial charge < -0.3 is 19.4 Å². The lowest BCUT2D eigenvalue weighted by Gasteiger charge is -2.22. The van der Waals surface area contributed by atoms with Gasteiger partial charge in [-0.25, -0.2) is 4.79 Å². The van der Waals surface area contributed by atoms with Gasteiger partial charge in [-0.1, -0.05) is 12.8 Å². The molecule has 9 nitrogen and oxygen atoms in total. The Hall–Kier alpha value is -3.36. The zero-order valence-electron chi connectivity index (χ0n) is 16.8. The Morgan fingerprint density at radius 2 is 1.97 bits per heavy atom. The molecule has 1 aromatic heterocycles. The second-order valence-electron chi connectivity index (χ2n) is 7.21. The van der Waals surface area contributed by atoms with Gasteiger partial charge >= 0.3 is 5.97 Å². The number of nitro groups is 1. The Bertz CT molecular complexity index is 888. The van der Waals surface area contributed by atoms with Crippen LogP contribution in [0.3, 0.4) is 0 Å². The number of rotatable bonds is 7. The van der Waals surface area contributed by atoms with Gasteiger partial charge in [-0.05, 0) is 44.0 Å². The number of hydrogen-bond acceptors (Lipinski definition) is 7. The van der Waals surface area contributed by atoms with Crippen LogP contribution in [0.5, 0.6) is 0 Å². The molecule has 1 amide bonds. The van der Waals surface area contributed by atoms with E-state index in [2.05, 4.69) is 5.32 Å². The van der Waals surface area contributed by atoms with Crippen molar-refractivity contribution in [3.05, 3.63) is 58.0 Å². The minimum atomic E-state index is -1.06. The Morgan fingerprint density at radius 1 is 1.23 bits per heavy atom. The molecule has 1 N–H and O–H groups in total. The van der Waals surface area contributed by atoms with Crippen LogP contribution in [0.25, 0.3) is 0 Å². The number of anilines is 1. The molecule has 1 saturated heterocycles. The van der Waals surface area contributed by atoms with E-state index in [9.17, 15) is 19.7 Å². The summed E-state index contributed by atoms with van der Waals surface area (Å²) in [6, 6.07) is 7.72. The highest BCUT2D eigenvalue weighted by molar-refractivity contribution is 5.93. The number of benzene rings is 1. The first-order valence-corrected chi connectivity index (χ1v) is 10.00. The molecule has 0 spiro atoms. The maximum atomic E-state index is 12.5. The second-order valence-corrected chi connectivity index (χ2v) is 7.21. The molecule has 2 aromatic rings. The second kappa shape index (κ2) is 9.91. The summed E-state index contributed by atoms with van der Waals surface area (Å²) in [7, 11) is 0. The van der Waals surface area contributed by atoms with Crippen molar-refractivity contribution in [1.29, 1.82) is 0 Å². The van der Waals surface area contributed by atoms with Gasteiger partial charge in [-0.2, -0.15) is 0 Å². The molecule has 0 bridgehead atoms. The number of nitrogens with zero attached hydrogens (tertiary/aromatic N) is 2. The van der Waals surface area contributed by atoms with Crippen molar-refractivity contribution in [2.24, 2.45) is 0 Å². The Balaban J connectivity index is 1.66.